The van der Waals surface area contributed by atoms with Crippen LogP contribution in [0.4, 0.5) is 0 Å². The van der Waals surface area contributed by atoms with Crippen LogP contribution in [0.5, 0.6) is 0 Å². The predicted octanol–water partition coefficient (Wildman–Crippen LogP) is 0.897. The molecule has 1 fully saturated rings. The first-order chi connectivity index (χ1) is 8.76. The molecule has 6 heteroatoms. The maximum atomic E-state index is 12.4. The zero-order valence-corrected chi connectivity index (χ0v) is 11.7. The average Bonchev–Trinajstić information content (AvgIpc) is 2.82. The average molecular weight is 269 g/mol. The van der Waals surface area contributed by atoms with Crippen molar-refractivity contribution in [2.75, 3.05) is 33.3 Å². The van der Waals surface area contributed by atoms with E-state index in [9.17, 15) is 4.79 Å². The monoisotopic (exact) mass is 269 g/mol. The highest BCUT2D eigenvalue weighted by Crippen LogP contribution is 2.22. The number of carbonyl (C=O) groups is 1. The van der Waals surface area contributed by atoms with E-state index in [2.05, 4.69) is 10.3 Å². The van der Waals surface area contributed by atoms with E-state index in [1.54, 1.807) is 7.11 Å². The maximum absolute atomic E-state index is 12.4. The molecule has 0 aliphatic carbocycles. The molecule has 1 aliphatic rings. The van der Waals surface area contributed by atoms with Gasteiger partial charge in [-0.3, -0.25) is 4.79 Å². The first-order valence-electron chi connectivity index (χ1n) is 6.23. The van der Waals surface area contributed by atoms with Crippen LogP contribution in [-0.4, -0.2) is 49.1 Å². The molecule has 0 bridgehead atoms. The van der Waals surface area contributed by atoms with Gasteiger partial charge in [0, 0.05) is 33.3 Å². The van der Waals surface area contributed by atoms with Gasteiger partial charge in [-0.15, -0.1) is 11.3 Å². The molecule has 0 unspecified atom stereocenters. The van der Waals surface area contributed by atoms with E-state index < -0.39 is 0 Å². The number of methoxy groups -OCH3 is 1. The van der Waals surface area contributed by atoms with Gasteiger partial charge in [-0.1, -0.05) is 6.92 Å². The largest absolute Gasteiger partial charge is 0.378 e. The van der Waals surface area contributed by atoms with Crippen molar-refractivity contribution in [3.05, 3.63) is 15.6 Å². The summed E-state index contributed by atoms with van der Waals surface area (Å²) in [6.45, 7) is 5.81. The molecular formula is C12H19N3O2S. The van der Waals surface area contributed by atoms with Crippen LogP contribution in [0.2, 0.25) is 0 Å². The number of amides is 1. The number of ether oxygens (including phenoxy) is 1. The maximum Gasteiger partial charge on any atom is 0.265 e. The van der Waals surface area contributed by atoms with Gasteiger partial charge in [0.05, 0.1) is 12.3 Å². The fourth-order valence-corrected chi connectivity index (χ4v) is 3.10. The SMILES string of the molecule is CCc1nc(COC)sc1C(=O)N1CCNCC1. The highest BCUT2D eigenvalue weighted by Gasteiger charge is 2.23. The van der Waals surface area contributed by atoms with Crippen LogP contribution in [0.1, 0.15) is 27.3 Å². The van der Waals surface area contributed by atoms with Crippen LogP contribution in [0.3, 0.4) is 0 Å². The standard InChI is InChI=1S/C12H19N3O2S/c1-3-9-11(18-10(14-9)8-17-2)12(16)15-6-4-13-5-7-15/h13H,3-8H2,1-2H3. The van der Waals surface area contributed by atoms with Crippen LogP contribution in [-0.2, 0) is 17.8 Å². The minimum Gasteiger partial charge on any atom is -0.378 e. The van der Waals surface area contributed by atoms with Gasteiger partial charge in [0.1, 0.15) is 9.88 Å². The Balaban J connectivity index is 2.17. The van der Waals surface area contributed by atoms with Crippen molar-refractivity contribution in [3.8, 4) is 0 Å². The number of piperazine rings is 1. The second kappa shape index (κ2) is 6.26. The summed E-state index contributed by atoms with van der Waals surface area (Å²) in [7, 11) is 1.64. The lowest BCUT2D eigenvalue weighted by atomic mass is 10.2. The number of nitrogens with one attached hydrogen (secondary N) is 1. The fraction of sp³-hybridized carbons (Fsp3) is 0.667. The highest BCUT2D eigenvalue weighted by molar-refractivity contribution is 7.13. The minimum atomic E-state index is 0.119. The third-order valence-corrected chi connectivity index (χ3v) is 4.00. The summed E-state index contributed by atoms with van der Waals surface area (Å²) < 4.78 is 5.08. The molecule has 1 N–H and O–H groups in total. The highest BCUT2D eigenvalue weighted by atomic mass is 32.1. The number of carbonyl (C=O) groups excluding carboxylic acids is 1. The molecule has 5 nitrogen and oxygen atoms in total. The molecule has 0 aromatic carbocycles. The van der Waals surface area contributed by atoms with E-state index >= 15 is 0 Å². The van der Waals surface area contributed by atoms with Crippen molar-refractivity contribution < 1.29 is 9.53 Å². The quantitative estimate of drug-likeness (QED) is 0.882. The topological polar surface area (TPSA) is 54.5 Å². The number of nitrogens with zero attached hydrogens (tertiary/aromatic N) is 2. The van der Waals surface area contributed by atoms with Crippen LogP contribution in [0.15, 0.2) is 0 Å². The van der Waals surface area contributed by atoms with Crippen molar-refractivity contribution in [1.82, 2.24) is 15.2 Å². The lowest BCUT2D eigenvalue weighted by Gasteiger charge is -2.27. The summed E-state index contributed by atoms with van der Waals surface area (Å²) in [5, 5.41) is 4.13. The summed E-state index contributed by atoms with van der Waals surface area (Å²) in [5.41, 5.74) is 0.899. The molecule has 0 atom stereocenters. The van der Waals surface area contributed by atoms with Crippen LogP contribution in [0.25, 0.3) is 0 Å². The second-order valence-corrected chi connectivity index (χ2v) is 5.30. The molecule has 0 radical (unpaired) electrons. The molecule has 2 heterocycles. The summed E-state index contributed by atoms with van der Waals surface area (Å²) in [4.78, 5) is 19.6. The Hall–Kier alpha value is -0.980. The number of aryl methyl sites for hydroxylation is 1. The molecule has 18 heavy (non-hydrogen) atoms. The molecule has 1 aliphatic heterocycles. The van der Waals surface area contributed by atoms with Crippen molar-refractivity contribution in [2.45, 2.75) is 20.0 Å². The van der Waals surface area contributed by atoms with Crippen LogP contribution >= 0.6 is 11.3 Å². The lowest BCUT2D eigenvalue weighted by Crippen LogP contribution is -2.46. The molecule has 2 rings (SSSR count). The minimum absolute atomic E-state index is 0.119. The summed E-state index contributed by atoms with van der Waals surface area (Å²) in [6.07, 6.45) is 0.785. The molecular weight excluding hydrogens is 250 g/mol. The number of rotatable bonds is 4. The molecule has 1 aromatic rings. The first-order valence-corrected chi connectivity index (χ1v) is 7.05. The number of thiazole rings is 1. The lowest BCUT2D eigenvalue weighted by molar-refractivity contribution is 0.0739. The fourth-order valence-electron chi connectivity index (χ4n) is 2.00. The van der Waals surface area contributed by atoms with E-state index in [-0.39, 0.29) is 5.91 Å². The Morgan fingerprint density at radius 1 is 1.50 bits per heavy atom. The van der Waals surface area contributed by atoms with Gasteiger partial charge in [0.2, 0.25) is 0 Å². The summed E-state index contributed by atoms with van der Waals surface area (Å²) >= 11 is 1.46. The van der Waals surface area contributed by atoms with Crippen molar-refractivity contribution >= 4 is 17.2 Å². The van der Waals surface area contributed by atoms with Gasteiger partial charge in [-0.25, -0.2) is 4.98 Å². The second-order valence-electron chi connectivity index (χ2n) is 4.21. The van der Waals surface area contributed by atoms with E-state index in [1.165, 1.54) is 11.3 Å². The molecule has 100 valence electrons. The number of hydrogen-bond donors (Lipinski definition) is 1. The summed E-state index contributed by atoms with van der Waals surface area (Å²) in [6, 6.07) is 0. The zero-order chi connectivity index (χ0) is 13.0. The van der Waals surface area contributed by atoms with E-state index in [0.29, 0.717) is 6.61 Å². The first kappa shape index (κ1) is 13.5. The Labute approximate surface area is 111 Å². The Morgan fingerprint density at radius 3 is 2.83 bits per heavy atom. The van der Waals surface area contributed by atoms with Gasteiger partial charge in [-0.05, 0) is 6.42 Å². The normalized spacial score (nSPS) is 16.0. The third kappa shape index (κ3) is 2.88. The van der Waals surface area contributed by atoms with Gasteiger partial charge in [0.25, 0.3) is 5.91 Å². The van der Waals surface area contributed by atoms with Crippen molar-refractivity contribution in [3.63, 3.8) is 0 Å². The Bertz CT molecular complexity index is 413. The number of hydrogen-bond acceptors (Lipinski definition) is 5. The smallest absolute Gasteiger partial charge is 0.265 e. The van der Waals surface area contributed by atoms with Gasteiger partial charge in [-0.2, -0.15) is 0 Å². The predicted molar refractivity (Wildman–Crippen MR) is 71.0 cm³/mol. The third-order valence-electron chi connectivity index (χ3n) is 2.94. The van der Waals surface area contributed by atoms with Gasteiger partial charge >= 0.3 is 0 Å². The Kier molecular flexibility index (Phi) is 4.68. The van der Waals surface area contributed by atoms with Crippen molar-refractivity contribution in [2.24, 2.45) is 0 Å². The molecule has 0 spiro atoms. The van der Waals surface area contributed by atoms with E-state index in [1.807, 2.05) is 11.8 Å². The molecule has 0 saturated carbocycles. The molecule has 1 aromatic heterocycles. The van der Waals surface area contributed by atoms with Gasteiger partial charge in [0.15, 0.2) is 0 Å². The van der Waals surface area contributed by atoms with Crippen LogP contribution in [0, 0.1) is 0 Å². The summed E-state index contributed by atoms with van der Waals surface area (Å²) in [5.74, 6) is 0.119. The Morgan fingerprint density at radius 2 is 2.22 bits per heavy atom. The number of aromatic nitrogens is 1. The van der Waals surface area contributed by atoms with Gasteiger partial charge < -0.3 is 15.0 Å². The molecule has 1 saturated heterocycles. The molecule has 1 amide bonds. The zero-order valence-electron chi connectivity index (χ0n) is 10.9. The van der Waals surface area contributed by atoms with E-state index in [0.717, 1.165) is 48.2 Å². The van der Waals surface area contributed by atoms with Crippen LogP contribution < -0.4 is 5.32 Å². The van der Waals surface area contributed by atoms with Crippen molar-refractivity contribution in [1.29, 1.82) is 0 Å². The van der Waals surface area contributed by atoms with E-state index in [4.69, 9.17) is 4.74 Å².